The molecule has 0 fully saturated rings. The summed E-state index contributed by atoms with van der Waals surface area (Å²) in [5, 5.41) is 16.2. The van der Waals surface area contributed by atoms with E-state index in [1.807, 2.05) is 12.1 Å². The van der Waals surface area contributed by atoms with E-state index in [0.29, 0.717) is 6.54 Å². The van der Waals surface area contributed by atoms with E-state index >= 15 is 0 Å². The summed E-state index contributed by atoms with van der Waals surface area (Å²) in [6, 6.07) is 8.23. The van der Waals surface area contributed by atoms with Crippen LogP contribution in [0.5, 0.6) is 0 Å². The molecule has 1 aromatic heterocycles. The van der Waals surface area contributed by atoms with Gasteiger partial charge in [-0.05, 0) is 30.0 Å². The molecule has 0 amide bonds. The number of aliphatic hydroxyl groups is 1. The standard InChI is InChI=1S/C16H19N3OS/c17-15-12-5-8-21-14(12)10-19-16-11(3-1-4-13(15)16)9-18-6-2-7-20/h1,3-5,8,18,20H,2,6-7,9-10,17H2. The highest BCUT2D eigenvalue weighted by molar-refractivity contribution is 7.10. The first-order chi connectivity index (χ1) is 10.3. The van der Waals surface area contributed by atoms with Crippen molar-refractivity contribution in [1.29, 1.82) is 0 Å². The van der Waals surface area contributed by atoms with Gasteiger partial charge in [0.2, 0.25) is 0 Å². The molecule has 1 aromatic carbocycles. The fourth-order valence-electron chi connectivity index (χ4n) is 2.56. The Kier molecular flexibility index (Phi) is 4.34. The average Bonchev–Trinajstić information content (AvgIpc) is 2.93. The first kappa shape index (κ1) is 14.3. The predicted molar refractivity (Wildman–Crippen MR) is 85.4 cm³/mol. The third-order valence-corrected chi connectivity index (χ3v) is 4.56. The van der Waals surface area contributed by atoms with Crippen LogP contribution in [0.1, 0.15) is 22.4 Å². The van der Waals surface area contributed by atoms with Gasteiger partial charge in [0.05, 0.1) is 11.9 Å². The smallest absolute Gasteiger partial charge is 0.0747 e. The molecule has 0 aliphatic carbocycles. The van der Waals surface area contributed by atoms with Crippen molar-refractivity contribution in [2.24, 2.45) is 10.7 Å². The molecule has 21 heavy (non-hydrogen) atoms. The molecule has 0 atom stereocenters. The van der Waals surface area contributed by atoms with E-state index in [4.69, 9.17) is 15.8 Å². The highest BCUT2D eigenvalue weighted by atomic mass is 32.1. The molecule has 110 valence electrons. The average molecular weight is 301 g/mol. The van der Waals surface area contributed by atoms with E-state index in [1.165, 1.54) is 4.88 Å². The Morgan fingerprint density at radius 2 is 2.24 bits per heavy atom. The van der Waals surface area contributed by atoms with Crippen LogP contribution < -0.4 is 21.6 Å². The minimum Gasteiger partial charge on any atom is -0.398 e. The number of aliphatic hydroxyl groups excluding tert-OH is 1. The summed E-state index contributed by atoms with van der Waals surface area (Å²) >= 11 is 1.71. The van der Waals surface area contributed by atoms with E-state index in [1.54, 1.807) is 11.3 Å². The van der Waals surface area contributed by atoms with Crippen molar-refractivity contribution in [2.45, 2.75) is 19.5 Å². The summed E-state index contributed by atoms with van der Waals surface area (Å²) in [7, 11) is 0. The van der Waals surface area contributed by atoms with Crippen molar-refractivity contribution >= 4 is 17.0 Å². The van der Waals surface area contributed by atoms with E-state index in [2.05, 4.69) is 22.8 Å². The second kappa shape index (κ2) is 6.39. The number of hydrogen-bond donors (Lipinski definition) is 3. The van der Waals surface area contributed by atoms with Gasteiger partial charge in [0, 0.05) is 34.5 Å². The zero-order valence-electron chi connectivity index (χ0n) is 11.8. The molecule has 0 radical (unpaired) electrons. The zero-order valence-corrected chi connectivity index (χ0v) is 12.6. The number of nitrogens with zero attached hydrogens (tertiary/aromatic N) is 1. The van der Waals surface area contributed by atoms with Gasteiger partial charge in [-0.2, -0.15) is 0 Å². The first-order valence-corrected chi connectivity index (χ1v) is 7.99. The fourth-order valence-corrected chi connectivity index (χ4v) is 3.38. The molecule has 5 heteroatoms. The maximum absolute atomic E-state index is 8.83. The summed E-state index contributed by atoms with van der Waals surface area (Å²) in [5.41, 5.74) is 9.45. The SMILES string of the molecule is NC1=c2cccc(CNCCCO)c2=NCc2sccc21. The van der Waals surface area contributed by atoms with Gasteiger partial charge in [0.1, 0.15) is 0 Å². The largest absolute Gasteiger partial charge is 0.398 e. The lowest BCUT2D eigenvalue weighted by Gasteiger charge is -2.05. The lowest BCUT2D eigenvalue weighted by Crippen LogP contribution is -2.34. The number of para-hydroxylation sites is 1. The molecule has 2 aromatic rings. The molecular formula is C16H19N3OS. The van der Waals surface area contributed by atoms with Gasteiger partial charge in [-0.3, -0.25) is 4.99 Å². The minimum atomic E-state index is 0.213. The van der Waals surface area contributed by atoms with Crippen molar-refractivity contribution in [3.63, 3.8) is 0 Å². The Labute approximate surface area is 127 Å². The molecule has 1 aliphatic heterocycles. The van der Waals surface area contributed by atoms with Gasteiger partial charge in [0.15, 0.2) is 0 Å². The Morgan fingerprint density at radius 3 is 3.10 bits per heavy atom. The van der Waals surface area contributed by atoms with Gasteiger partial charge < -0.3 is 16.2 Å². The van der Waals surface area contributed by atoms with Crippen LogP contribution in [0.4, 0.5) is 0 Å². The number of fused-ring (bicyclic) bond motifs is 2. The molecule has 2 heterocycles. The molecule has 4 N–H and O–H groups in total. The first-order valence-electron chi connectivity index (χ1n) is 7.11. The predicted octanol–water partition coefficient (Wildman–Crippen LogP) is 0.469. The van der Waals surface area contributed by atoms with Gasteiger partial charge in [0.25, 0.3) is 0 Å². The van der Waals surface area contributed by atoms with Crippen LogP contribution in [0.25, 0.3) is 5.70 Å². The highest BCUT2D eigenvalue weighted by Gasteiger charge is 2.12. The second-order valence-corrected chi connectivity index (χ2v) is 6.06. The number of hydrogen-bond acceptors (Lipinski definition) is 5. The van der Waals surface area contributed by atoms with Gasteiger partial charge in [-0.1, -0.05) is 18.2 Å². The topological polar surface area (TPSA) is 70.6 Å². The molecule has 4 nitrogen and oxygen atoms in total. The van der Waals surface area contributed by atoms with Crippen LogP contribution >= 0.6 is 11.3 Å². The maximum atomic E-state index is 8.83. The Hall–Kier alpha value is -1.69. The van der Waals surface area contributed by atoms with Crippen LogP contribution in [0.2, 0.25) is 0 Å². The molecule has 0 bridgehead atoms. The summed E-state index contributed by atoms with van der Waals surface area (Å²) in [6.45, 7) is 2.44. The monoisotopic (exact) mass is 301 g/mol. The lowest BCUT2D eigenvalue weighted by atomic mass is 10.1. The van der Waals surface area contributed by atoms with E-state index in [0.717, 1.165) is 46.9 Å². The molecule has 1 aliphatic rings. The van der Waals surface area contributed by atoms with Crippen LogP contribution in [-0.4, -0.2) is 18.3 Å². The summed E-state index contributed by atoms with van der Waals surface area (Å²) in [6.07, 6.45) is 0.762. The van der Waals surface area contributed by atoms with Crippen molar-refractivity contribution in [2.75, 3.05) is 13.2 Å². The molecule has 0 unspecified atom stereocenters. The van der Waals surface area contributed by atoms with Crippen LogP contribution in [-0.2, 0) is 13.1 Å². The van der Waals surface area contributed by atoms with Crippen molar-refractivity contribution in [3.05, 3.63) is 56.2 Å². The number of nitrogens with two attached hydrogens (primary N) is 1. The number of thiophene rings is 1. The number of rotatable bonds is 5. The normalized spacial score (nSPS) is 13.3. The number of nitrogens with one attached hydrogen (secondary N) is 1. The molecule has 0 saturated heterocycles. The van der Waals surface area contributed by atoms with Gasteiger partial charge >= 0.3 is 0 Å². The summed E-state index contributed by atoms with van der Waals surface area (Å²) in [4.78, 5) is 5.99. The molecule has 3 rings (SSSR count). The highest BCUT2D eigenvalue weighted by Crippen LogP contribution is 2.21. The summed E-state index contributed by atoms with van der Waals surface area (Å²) < 4.78 is 0. The maximum Gasteiger partial charge on any atom is 0.0747 e. The second-order valence-electron chi connectivity index (χ2n) is 5.05. The van der Waals surface area contributed by atoms with E-state index in [-0.39, 0.29) is 6.61 Å². The number of benzene rings is 1. The van der Waals surface area contributed by atoms with E-state index in [9.17, 15) is 0 Å². The van der Waals surface area contributed by atoms with Crippen molar-refractivity contribution in [1.82, 2.24) is 5.32 Å². The Morgan fingerprint density at radius 1 is 1.33 bits per heavy atom. The Bertz CT molecular complexity index is 751. The van der Waals surface area contributed by atoms with Gasteiger partial charge in [-0.15, -0.1) is 11.3 Å². The quantitative estimate of drug-likeness (QED) is 0.703. The zero-order chi connectivity index (χ0) is 14.7. The third kappa shape index (κ3) is 2.85. The fraction of sp³-hybridized carbons (Fsp3) is 0.312. The molecule has 0 saturated carbocycles. The summed E-state index contributed by atoms with van der Waals surface area (Å²) in [5.74, 6) is 0. The van der Waals surface area contributed by atoms with Crippen LogP contribution in [0.3, 0.4) is 0 Å². The van der Waals surface area contributed by atoms with Gasteiger partial charge in [-0.25, -0.2) is 0 Å². The van der Waals surface area contributed by atoms with Crippen molar-refractivity contribution in [3.8, 4) is 0 Å². The van der Waals surface area contributed by atoms with E-state index < -0.39 is 0 Å². The van der Waals surface area contributed by atoms with Crippen molar-refractivity contribution < 1.29 is 5.11 Å². The third-order valence-electron chi connectivity index (χ3n) is 3.65. The Balaban J connectivity index is 2.00. The minimum absolute atomic E-state index is 0.213. The van der Waals surface area contributed by atoms with Crippen LogP contribution in [0, 0.1) is 0 Å². The van der Waals surface area contributed by atoms with Crippen LogP contribution in [0.15, 0.2) is 34.6 Å². The lowest BCUT2D eigenvalue weighted by molar-refractivity contribution is 0.286. The molecule has 0 spiro atoms. The molecular weight excluding hydrogens is 282 g/mol.